The zero-order valence-corrected chi connectivity index (χ0v) is 17.1. The van der Waals surface area contributed by atoms with Crippen molar-refractivity contribution in [3.8, 4) is 5.75 Å². The quantitative estimate of drug-likeness (QED) is 0.430. The van der Waals surface area contributed by atoms with E-state index in [0.717, 1.165) is 12.1 Å². The van der Waals surface area contributed by atoms with Crippen LogP contribution in [-0.2, 0) is 5.41 Å². The van der Waals surface area contributed by atoms with E-state index in [1.54, 1.807) is 12.1 Å². The number of aliphatic imine (C=N–C) groups is 1. The van der Waals surface area contributed by atoms with Gasteiger partial charge in [-0.2, -0.15) is 13.2 Å². The average molecular weight is 435 g/mol. The van der Waals surface area contributed by atoms with Gasteiger partial charge in [0.05, 0.1) is 18.3 Å². The topological polar surface area (TPSA) is 67.6 Å². The van der Waals surface area contributed by atoms with E-state index in [1.807, 2.05) is 0 Å². The van der Waals surface area contributed by atoms with Gasteiger partial charge in [-0.05, 0) is 42.2 Å². The van der Waals surface area contributed by atoms with Crippen molar-refractivity contribution in [2.75, 3.05) is 7.11 Å². The van der Waals surface area contributed by atoms with Gasteiger partial charge in [-0.25, -0.2) is 4.39 Å². The average Bonchev–Trinajstić information content (AvgIpc) is 2.71. The first kappa shape index (κ1) is 22.6. The Bertz CT molecular complexity index is 1110. The van der Waals surface area contributed by atoms with Crippen LogP contribution < -0.4 is 4.74 Å². The summed E-state index contributed by atoms with van der Waals surface area (Å²) in [7, 11) is 1.34. The molecule has 9 heteroatoms. The third kappa shape index (κ3) is 4.66. The molecule has 3 rings (SSSR count). The van der Waals surface area contributed by atoms with E-state index < -0.39 is 29.4 Å². The normalized spacial score (nSPS) is 14.7. The van der Waals surface area contributed by atoms with E-state index in [9.17, 15) is 22.7 Å². The molecule has 1 unspecified atom stereocenters. The summed E-state index contributed by atoms with van der Waals surface area (Å²) in [6.45, 7) is 2.94. The van der Waals surface area contributed by atoms with Crippen molar-refractivity contribution in [2.45, 2.75) is 37.5 Å². The van der Waals surface area contributed by atoms with Crippen LogP contribution in [0.4, 0.5) is 23.2 Å². The number of fused-ring (bicyclic) bond motifs is 1. The first-order valence-electron chi connectivity index (χ1n) is 9.35. The van der Waals surface area contributed by atoms with Crippen LogP contribution in [0, 0.1) is 5.82 Å². The number of halogens is 4. The molecule has 0 aliphatic heterocycles. The molecule has 0 spiro atoms. The third-order valence-corrected chi connectivity index (χ3v) is 4.99. The third-order valence-electron chi connectivity index (χ3n) is 4.99. The van der Waals surface area contributed by atoms with Gasteiger partial charge in [-0.15, -0.1) is 0 Å². The van der Waals surface area contributed by atoms with E-state index in [4.69, 9.17) is 4.74 Å². The van der Waals surface area contributed by atoms with Gasteiger partial charge in [0.25, 0.3) is 0 Å². The fraction of sp³-hybridized carbons (Fsp3) is 0.318. The maximum Gasteiger partial charge on any atom is 0.422 e. The number of alkyl halides is 3. The Kier molecular flexibility index (Phi) is 6.00. The molecule has 1 heterocycles. The van der Waals surface area contributed by atoms with Crippen molar-refractivity contribution in [1.82, 2.24) is 9.97 Å². The highest BCUT2D eigenvalue weighted by Gasteiger charge is 2.55. The first-order valence-corrected chi connectivity index (χ1v) is 9.35. The highest BCUT2D eigenvalue weighted by Crippen LogP contribution is 2.43. The Morgan fingerprint density at radius 1 is 1.10 bits per heavy atom. The molecule has 5 nitrogen and oxygen atoms in total. The number of hydrogen-bond acceptors (Lipinski definition) is 5. The van der Waals surface area contributed by atoms with Gasteiger partial charge < -0.3 is 9.84 Å². The van der Waals surface area contributed by atoms with Gasteiger partial charge in [-0.1, -0.05) is 19.9 Å². The molecule has 0 radical (unpaired) electrons. The number of para-hydroxylation sites is 1. The van der Waals surface area contributed by atoms with E-state index in [1.165, 1.54) is 45.5 Å². The molecule has 1 aromatic heterocycles. The Morgan fingerprint density at radius 2 is 1.81 bits per heavy atom. The number of aromatic nitrogens is 2. The minimum Gasteiger partial charge on any atom is -0.496 e. The van der Waals surface area contributed by atoms with Gasteiger partial charge in [0, 0.05) is 24.2 Å². The van der Waals surface area contributed by atoms with Gasteiger partial charge in [0.1, 0.15) is 17.1 Å². The van der Waals surface area contributed by atoms with Crippen molar-refractivity contribution in [1.29, 1.82) is 0 Å². The smallest absolute Gasteiger partial charge is 0.422 e. The van der Waals surface area contributed by atoms with Gasteiger partial charge in [0.15, 0.2) is 5.60 Å². The molecule has 0 aliphatic carbocycles. The maximum absolute atomic E-state index is 14.0. The van der Waals surface area contributed by atoms with Crippen LogP contribution in [-0.4, -0.2) is 40.2 Å². The van der Waals surface area contributed by atoms with E-state index in [2.05, 4.69) is 15.0 Å². The van der Waals surface area contributed by atoms with Crippen molar-refractivity contribution in [2.24, 2.45) is 4.99 Å². The van der Waals surface area contributed by atoms with Crippen LogP contribution in [0.2, 0.25) is 0 Å². The second-order valence-electron chi connectivity index (χ2n) is 7.79. The van der Waals surface area contributed by atoms with Crippen LogP contribution in [0.3, 0.4) is 0 Å². The number of methoxy groups -OCH3 is 1. The van der Waals surface area contributed by atoms with Crippen molar-refractivity contribution in [3.63, 3.8) is 0 Å². The van der Waals surface area contributed by atoms with Crippen LogP contribution in [0.15, 0.2) is 53.8 Å². The molecule has 0 saturated heterocycles. The zero-order chi connectivity index (χ0) is 22.9. The summed E-state index contributed by atoms with van der Waals surface area (Å²) in [5.41, 5.74) is -3.52. The minimum atomic E-state index is -5.04. The Hall–Kier alpha value is -3.07. The van der Waals surface area contributed by atoms with Gasteiger partial charge in [-0.3, -0.25) is 15.0 Å². The molecule has 0 saturated carbocycles. The summed E-state index contributed by atoms with van der Waals surface area (Å²) < 4.78 is 60.9. The number of hydrogen-bond donors (Lipinski definition) is 1. The number of nitrogens with zero attached hydrogens (tertiary/aromatic N) is 3. The number of ether oxygens (including phenoxy) is 1. The molecule has 31 heavy (non-hydrogen) atoms. The van der Waals surface area contributed by atoms with E-state index in [0.29, 0.717) is 17.2 Å². The monoisotopic (exact) mass is 435 g/mol. The SMILES string of the molecule is COc1ccc(F)cc1C(C)(C)CC(O)(C=Nc1cccc2nccnc12)C(F)(F)F. The fourth-order valence-electron chi connectivity index (χ4n) is 3.46. The van der Waals surface area contributed by atoms with E-state index >= 15 is 0 Å². The second-order valence-corrected chi connectivity index (χ2v) is 7.79. The molecule has 1 N–H and O–H groups in total. The fourth-order valence-corrected chi connectivity index (χ4v) is 3.46. The molecule has 164 valence electrons. The second kappa shape index (κ2) is 8.22. The Labute approximate surface area is 176 Å². The first-order chi connectivity index (χ1) is 14.5. The summed E-state index contributed by atoms with van der Waals surface area (Å²) in [5.74, 6) is -0.403. The standard InChI is InChI=1S/C22H21F4N3O2/c1-20(2,15-11-14(23)7-8-18(15)31-3)12-21(30,22(24,25)26)13-29-17-6-4-5-16-19(17)28-10-9-27-16/h4-11,13,30H,12H2,1-3H3. The molecule has 0 aliphatic rings. The lowest BCUT2D eigenvalue weighted by Crippen LogP contribution is -2.50. The lowest BCUT2D eigenvalue weighted by molar-refractivity contribution is -0.234. The number of rotatable bonds is 6. The highest BCUT2D eigenvalue weighted by atomic mass is 19.4. The summed E-state index contributed by atoms with van der Waals surface area (Å²) in [6.07, 6.45) is -2.54. The minimum absolute atomic E-state index is 0.134. The lowest BCUT2D eigenvalue weighted by Gasteiger charge is -2.36. The van der Waals surface area contributed by atoms with Crippen LogP contribution in [0.5, 0.6) is 5.75 Å². The Balaban J connectivity index is 2.03. The highest BCUT2D eigenvalue weighted by molar-refractivity contribution is 5.88. The molecular formula is C22H21F4N3O2. The molecule has 1 atom stereocenters. The van der Waals surface area contributed by atoms with Gasteiger partial charge in [0.2, 0.25) is 0 Å². The predicted octanol–water partition coefficient (Wildman–Crippen LogP) is 5.14. The summed E-state index contributed by atoms with van der Waals surface area (Å²) >= 11 is 0. The molecule has 2 aromatic carbocycles. The van der Waals surface area contributed by atoms with Crippen molar-refractivity contribution >= 4 is 22.9 Å². The maximum atomic E-state index is 14.0. The summed E-state index contributed by atoms with van der Waals surface area (Å²) in [4.78, 5) is 12.1. The van der Waals surface area contributed by atoms with Crippen LogP contribution in [0.25, 0.3) is 11.0 Å². The molecular weight excluding hydrogens is 414 g/mol. The van der Waals surface area contributed by atoms with Crippen LogP contribution in [0.1, 0.15) is 25.8 Å². The largest absolute Gasteiger partial charge is 0.496 e. The van der Waals surface area contributed by atoms with Gasteiger partial charge >= 0.3 is 6.18 Å². The predicted molar refractivity (Wildman–Crippen MR) is 109 cm³/mol. The summed E-state index contributed by atoms with van der Waals surface area (Å²) in [6, 6.07) is 8.30. The zero-order valence-electron chi connectivity index (χ0n) is 17.1. The molecule has 0 amide bonds. The van der Waals surface area contributed by atoms with Crippen molar-refractivity contribution < 1.29 is 27.4 Å². The Morgan fingerprint density at radius 3 is 2.48 bits per heavy atom. The lowest BCUT2D eigenvalue weighted by atomic mass is 9.74. The van der Waals surface area contributed by atoms with Crippen LogP contribution >= 0.6 is 0 Å². The van der Waals surface area contributed by atoms with Crippen molar-refractivity contribution in [3.05, 3.63) is 60.2 Å². The van der Waals surface area contributed by atoms with E-state index in [-0.39, 0.29) is 17.0 Å². The molecule has 0 fully saturated rings. The number of aliphatic hydroxyl groups is 1. The summed E-state index contributed by atoms with van der Waals surface area (Å²) in [5, 5.41) is 10.7. The molecule has 3 aromatic rings. The number of benzene rings is 2. The molecule has 0 bridgehead atoms.